The number of methoxy groups -OCH3 is 1. The van der Waals surface area contributed by atoms with Gasteiger partial charge in [-0.3, -0.25) is 4.79 Å². The van der Waals surface area contributed by atoms with Crippen molar-refractivity contribution in [1.82, 2.24) is 5.32 Å². The van der Waals surface area contributed by atoms with Crippen LogP contribution in [0.25, 0.3) is 0 Å². The van der Waals surface area contributed by atoms with Gasteiger partial charge in [0.1, 0.15) is 11.2 Å². The van der Waals surface area contributed by atoms with Crippen molar-refractivity contribution < 1.29 is 14.6 Å². The van der Waals surface area contributed by atoms with Crippen molar-refractivity contribution in [3.05, 3.63) is 36.6 Å². The van der Waals surface area contributed by atoms with Gasteiger partial charge in [-0.25, -0.2) is 0 Å². The summed E-state index contributed by atoms with van der Waals surface area (Å²) in [4.78, 5) is 13.6. The molecule has 0 saturated carbocycles. The van der Waals surface area contributed by atoms with E-state index in [0.29, 0.717) is 20.3 Å². The molecule has 1 amide bonds. The zero-order chi connectivity index (χ0) is 16.9. The summed E-state index contributed by atoms with van der Waals surface area (Å²) in [5.74, 6) is 0.227. The number of amides is 1. The highest BCUT2D eigenvalue weighted by atomic mass is 79.9. The Hall–Kier alpha value is -1.25. The molecule has 0 bridgehead atoms. The van der Waals surface area contributed by atoms with E-state index in [1.807, 2.05) is 13.8 Å². The number of thiophene rings is 1. The molecule has 0 fully saturated rings. The van der Waals surface area contributed by atoms with E-state index in [4.69, 9.17) is 4.74 Å². The Bertz CT molecular complexity index is 820. The molecule has 8 heteroatoms. The summed E-state index contributed by atoms with van der Waals surface area (Å²) >= 11 is 8.36. The Morgan fingerprint density at radius 1 is 1.26 bits per heavy atom. The highest BCUT2D eigenvalue weighted by Crippen LogP contribution is 2.45. The molecule has 23 heavy (non-hydrogen) atoms. The molecule has 2 aromatic rings. The topological polar surface area (TPSA) is 70.6 Å². The number of nitrogens with one attached hydrogen (secondary N) is 2. The van der Waals surface area contributed by atoms with Crippen molar-refractivity contribution in [2.45, 2.75) is 20.0 Å². The van der Waals surface area contributed by atoms with Crippen LogP contribution < -0.4 is 15.4 Å². The number of fused-ring (bicyclic) bond motifs is 1. The van der Waals surface area contributed by atoms with Crippen molar-refractivity contribution in [1.29, 1.82) is 0 Å². The van der Waals surface area contributed by atoms with Crippen LogP contribution in [0.5, 0.6) is 11.5 Å². The average molecular weight is 462 g/mol. The molecule has 1 atom stereocenters. The highest BCUT2D eigenvalue weighted by molar-refractivity contribution is 9.13. The van der Waals surface area contributed by atoms with Gasteiger partial charge in [0.15, 0.2) is 11.5 Å². The van der Waals surface area contributed by atoms with Gasteiger partial charge in [-0.05, 0) is 57.3 Å². The zero-order valence-corrected chi connectivity index (χ0v) is 16.6. The molecule has 3 rings (SSSR count). The number of rotatable bonds is 2. The normalized spacial score (nSPS) is 16.6. The Morgan fingerprint density at radius 2 is 1.96 bits per heavy atom. The third-order valence-corrected chi connectivity index (χ3v) is 7.17. The van der Waals surface area contributed by atoms with Crippen molar-refractivity contribution >= 4 is 54.1 Å². The van der Waals surface area contributed by atoms with E-state index in [2.05, 4.69) is 42.5 Å². The minimum atomic E-state index is -0.423. The lowest BCUT2D eigenvalue weighted by atomic mass is 10.1. The predicted molar refractivity (Wildman–Crippen MR) is 97.7 cm³/mol. The minimum Gasteiger partial charge on any atom is -0.503 e. The van der Waals surface area contributed by atoms with Crippen LogP contribution in [0, 0.1) is 13.8 Å². The predicted octanol–water partition coefficient (Wildman–Crippen LogP) is 4.46. The van der Waals surface area contributed by atoms with E-state index in [-0.39, 0.29) is 11.7 Å². The number of carbonyl (C=O) groups excluding carboxylic acids is 1. The number of benzene rings is 1. The highest BCUT2D eigenvalue weighted by Gasteiger charge is 2.31. The van der Waals surface area contributed by atoms with Gasteiger partial charge in [0.05, 0.1) is 17.1 Å². The number of phenolic OH excluding ortho intramolecular Hbond substituents is 1. The summed E-state index contributed by atoms with van der Waals surface area (Å²) < 4.78 is 6.33. The zero-order valence-electron chi connectivity index (χ0n) is 12.6. The molecule has 1 aromatic carbocycles. The van der Waals surface area contributed by atoms with Crippen LogP contribution in [-0.4, -0.2) is 18.1 Å². The maximum Gasteiger partial charge on any atom is 0.256 e. The Kier molecular flexibility index (Phi) is 4.33. The van der Waals surface area contributed by atoms with Crippen LogP contribution in [0.2, 0.25) is 0 Å². The molecule has 5 nitrogen and oxygen atoms in total. The van der Waals surface area contributed by atoms with Gasteiger partial charge in [-0.2, -0.15) is 0 Å². The van der Waals surface area contributed by atoms with Crippen molar-refractivity contribution in [3.8, 4) is 11.5 Å². The molecule has 0 spiro atoms. The molecule has 1 aliphatic heterocycles. The lowest BCUT2D eigenvalue weighted by Crippen LogP contribution is -2.38. The van der Waals surface area contributed by atoms with Crippen LogP contribution in [0.3, 0.4) is 0 Å². The van der Waals surface area contributed by atoms with Gasteiger partial charge in [-0.15, -0.1) is 11.3 Å². The van der Waals surface area contributed by atoms with E-state index in [0.717, 1.165) is 21.0 Å². The van der Waals surface area contributed by atoms with Gasteiger partial charge in [-0.1, -0.05) is 0 Å². The van der Waals surface area contributed by atoms with Gasteiger partial charge in [0.25, 0.3) is 5.91 Å². The van der Waals surface area contributed by atoms with Crippen LogP contribution in [0.15, 0.2) is 15.0 Å². The molecule has 122 valence electrons. The van der Waals surface area contributed by atoms with Crippen LogP contribution in [0.4, 0.5) is 5.00 Å². The van der Waals surface area contributed by atoms with Gasteiger partial charge in [0.2, 0.25) is 0 Å². The standard InChI is InChI=1S/C15H14Br2N2O3S/c1-5-6(2)23-15-9(5)14(21)18-13(19-15)7-4-8(22-3)12(20)11(17)10(7)16/h4,13,19-20H,1-3H3,(H,18,21). The number of phenols is 1. The first-order valence-electron chi connectivity index (χ1n) is 6.77. The Labute approximate surface area is 154 Å². The minimum absolute atomic E-state index is 0.00811. The van der Waals surface area contributed by atoms with E-state index >= 15 is 0 Å². The summed E-state index contributed by atoms with van der Waals surface area (Å²) in [5.41, 5.74) is 2.45. The first-order valence-corrected chi connectivity index (χ1v) is 9.17. The first kappa shape index (κ1) is 16.6. The van der Waals surface area contributed by atoms with Crippen molar-refractivity contribution in [2.24, 2.45) is 0 Å². The van der Waals surface area contributed by atoms with Crippen LogP contribution >= 0.6 is 43.2 Å². The number of aromatic hydroxyl groups is 1. The quantitative estimate of drug-likeness (QED) is 0.617. The number of ether oxygens (including phenoxy) is 1. The maximum absolute atomic E-state index is 12.5. The van der Waals surface area contributed by atoms with E-state index < -0.39 is 6.17 Å². The number of halogens is 2. The van der Waals surface area contributed by atoms with Crippen LogP contribution in [0.1, 0.15) is 32.5 Å². The monoisotopic (exact) mass is 460 g/mol. The fraction of sp³-hybridized carbons (Fsp3) is 0.267. The summed E-state index contributed by atoms with van der Waals surface area (Å²) in [5, 5.41) is 17.2. The first-order chi connectivity index (χ1) is 10.8. The maximum atomic E-state index is 12.5. The lowest BCUT2D eigenvalue weighted by Gasteiger charge is -2.28. The molecule has 1 aliphatic rings. The molecular formula is C15H14Br2N2O3S. The molecule has 0 radical (unpaired) electrons. The number of hydrogen-bond acceptors (Lipinski definition) is 5. The Balaban J connectivity index is 2.08. The van der Waals surface area contributed by atoms with Crippen molar-refractivity contribution in [3.63, 3.8) is 0 Å². The number of hydrogen-bond donors (Lipinski definition) is 3. The molecule has 2 heterocycles. The summed E-state index contributed by atoms with van der Waals surface area (Å²) in [7, 11) is 1.48. The SMILES string of the molecule is COc1cc(C2NC(=O)c3c(sc(C)c3C)N2)c(Br)c(Br)c1O. The molecule has 1 aromatic heterocycles. The molecule has 3 N–H and O–H groups in total. The third kappa shape index (κ3) is 2.62. The van der Waals surface area contributed by atoms with Gasteiger partial charge in [0, 0.05) is 14.9 Å². The average Bonchev–Trinajstić information content (AvgIpc) is 2.80. The molecular weight excluding hydrogens is 448 g/mol. The fourth-order valence-electron chi connectivity index (χ4n) is 2.51. The second-order valence-electron chi connectivity index (χ2n) is 5.18. The largest absolute Gasteiger partial charge is 0.503 e. The van der Waals surface area contributed by atoms with Gasteiger partial charge >= 0.3 is 0 Å². The third-order valence-electron chi connectivity index (χ3n) is 3.87. The Morgan fingerprint density at radius 3 is 2.61 bits per heavy atom. The van der Waals surface area contributed by atoms with Crippen LogP contribution in [-0.2, 0) is 0 Å². The van der Waals surface area contributed by atoms with E-state index in [1.54, 1.807) is 17.4 Å². The summed E-state index contributed by atoms with van der Waals surface area (Å²) in [6.07, 6.45) is -0.423. The summed E-state index contributed by atoms with van der Waals surface area (Å²) in [6.45, 7) is 3.95. The molecule has 1 unspecified atom stereocenters. The second kappa shape index (κ2) is 5.99. The lowest BCUT2D eigenvalue weighted by molar-refractivity contribution is 0.0935. The molecule has 0 aliphatic carbocycles. The number of carbonyl (C=O) groups is 1. The van der Waals surface area contributed by atoms with Crippen molar-refractivity contribution in [2.75, 3.05) is 12.4 Å². The fourth-order valence-corrected chi connectivity index (χ4v) is 4.55. The van der Waals surface area contributed by atoms with E-state index in [9.17, 15) is 9.90 Å². The number of aryl methyl sites for hydroxylation is 1. The summed E-state index contributed by atoms with van der Waals surface area (Å²) in [6, 6.07) is 1.69. The number of anilines is 1. The smallest absolute Gasteiger partial charge is 0.256 e. The van der Waals surface area contributed by atoms with E-state index in [1.165, 1.54) is 7.11 Å². The van der Waals surface area contributed by atoms with Gasteiger partial charge < -0.3 is 20.5 Å². The second-order valence-corrected chi connectivity index (χ2v) is 7.99. The molecule has 0 saturated heterocycles.